The average molecular weight is 233 g/mol. The maximum atomic E-state index is 4.37. The fourth-order valence-electron chi connectivity index (χ4n) is 2.69. The molecule has 1 fully saturated rings. The smallest absolute Gasteiger partial charge is 0.203 e. The van der Waals surface area contributed by atoms with Crippen LogP contribution in [0.15, 0.2) is 25.0 Å². The van der Waals surface area contributed by atoms with Gasteiger partial charge in [0.05, 0.1) is 0 Å². The third-order valence-corrected chi connectivity index (χ3v) is 3.75. The maximum absolute atomic E-state index is 4.37. The van der Waals surface area contributed by atoms with E-state index in [4.69, 9.17) is 0 Å². The van der Waals surface area contributed by atoms with Crippen molar-refractivity contribution in [2.75, 3.05) is 5.32 Å². The van der Waals surface area contributed by atoms with Crippen LogP contribution in [0.2, 0.25) is 0 Å². The predicted molar refractivity (Wildman–Crippen MR) is 72.1 cm³/mol. The zero-order chi connectivity index (χ0) is 12.1. The van der Waals surface area contributed by atoms with Gasteiger partial charge < -0.3 is 9.88 Å². The summed E-state index contributed by atoms with van der Waals surface area (Å²) in [6.45, 7) is 6.87. The Balaban J connectivity index is 1.94. The lowest BCUT2D eigenvalue weighted by Gasteiger charge is -2.28. The summed E-state index contributed by atoms with van der Waals surface area (Å²) in [7, 11) is 0. The molecular formula is C14H23N3. The Morgan fingerprint density at radius 3 is 3.00 bits per heavy atom. The first kappa shape index (κ1) is 12.2. The Morgan fingerprint density at radius 1 is 1.53 bits per heavy atom. The zero-order valence-electron chi connectivity index (χ0n) is 10.7. The fourth-order valence-corrected chi connectivity index (χ4v) is 2.69. The standard InChI is InChI=1S/C14H23N3/c1-3-10-17-11-9-15-14(17)16-12(2)13-7-5-4-6-8-13/h3,9,11-13H,1,4-8,10H2,2H3,(H,15,16). The van der Waals surface area contributed by atoms with Crippen LogP contribution in [0.1, 0.15) is 39.0 Å². The van der Waals surface area contributed by atoms with Gasteiger partial charge >= 0.3 is 0 Å². The lowest BCUT2D eigenvalue weighted by Crippen LogP contribution is -2.29. The number of rotatable bonds is 5. The van der Waals surface area contributed by atoms with Crippen molar-refractivity contribution in [3.8, 4) is 0 Å². The average Bonchev–Trinajstić information content (AvgIpc) is 2.78. The molecule has 0 radical (unpaired) electrons. The number of hydrogen-bond acceptors (Lipinski definition) is 2. The molecule has 1 atom stereocenters. The molecule has 1 aliphatic carbocycles. The Labute approximate surface area is 104 Å². The number of hydrogen-bond donors (Lipinski definition) is 1. The molecule has 94 valence electrons. The lowest BCUT2D eigenvalue weighted by atomic mass is 9.85. The highest BCUT2D eigenvalue weighted by Crippen LogP contribution is 2.27. The van der Waals surface area contributed by atoms with Crippen LogP contribution in [0.3, 0.4) is 0 Å². The van der Waals surface area contributed by atoms with Crippen LogP contribution < -0.4 is 5.32 Å². The maximum Gasteiger partial charge on any atom is 0.203 e. The van der Waals surface area contributed by atoms with Gasteiger partial charge in [-0.2, -0.15) is 0 Å². The lowest BCUT2D eigenvalue weighted by molar-refractivity contribution is 0.327. The summed E-state index contributed by atoms with van der Waals surface area (Å²) in [4.78, 5) is 4.37. The largest absolute Gasteiger partial charge is 0.353 e. The summed E-state index contributed by atoms with van der Waals surface area (Å²) < 4.78 is 2.10. The van der Waals surface area contributed by atoms with Crippen molar-refractivity contribution in [3.05, 3.63) is 25.0 Å². The van der Waals surface area contributed by atoms with E-state index in [9.17, 15) is 0 Å². The van der Waals surface area contributed by atoms with Gasteiger partial charge in [0.15, 0.2) is 0 Å². The van der Waals surface area contributed by atoms with Crippen molar-refractivity contribution in [2.24, 2.45) is 5.92 Å². The number of anilines is 1. The van der Waals surface area contributed by atoms with E-state index in [0.29, 0.717) is 6.04 Å². The van der Waals surface area contributed by atoms with E-state index in [1.54, 1.807) is 0 Å². The van der Waals surface area contributed by atoms with E-state index in [1.165, 1.54) is 32.1 Å². The van der Waals surface area contributed by atoms with E-state index in [1.807, 2.05) is 18.5 Å². The molecule has 0 aliphatic heterocycles. The Bertz CT molecular complexity index is 350. The third kappa shape index (κ3) is 3.11. The SMILES string of the molecule is C=CCn1ccnc1NC(C)C1CCCCC1. The van der Waals surface area contributed by atoms with Crippen molar-refractivity contribution in [3.63, 3.8) is 0 Å². The Hall–Kier alpha value is -1.25. The van der Waals surface area contributed by atoms with E-state index in [-0.39, 0.29) is 0 Å². The summed E-state index contributed by atoms with van der Waals surface area (Å²) in [6.07, 6.45) is 12.6. The molecule has 3 heteroatoms. The summed E-state index contributed by atoms with van der Waals surface area (Å²) in [5.74, 6) is 1.78. The minimum Gasteiger partial charge on any atom is -0.353 e. The van der Waals surface area contributed by atoms with E-state index < -0.39 is 0 Å². The Kier molecular flexibility index (Phi) is 4.24. The molecule has 0 saturated heterocycles. The van der Waals surface area contributed by atoms with Gasteiger partial charge in [-0.25, -0.2) is 4.98 Å². The van der Waals surface area contributed by atoms with Crippen LogP contribution in [0.4, 0.5) is 5.95 Å². The molecule has 1 aromatic heterocycles. The first-order valence-electron chi connectivity index (χ1n) is 6.70. The van der Waals surface area contributed by atoms with Gasteiger partial charge in [-0.15, -0.1) is 6.58 Å². The minimum atomic E-state index is 0.515. The van der Waals surface area contributed by atoms with Gasteiger partial charge in [0.2, 0.25) is 5.95 Å². The fraction of sp³-hybridized carbons (Fsp3) is 0.643. The van der Waals surface area contributed by atoms with E-state index in [2.05, 4.69) is 28.4 Å². The second-order valence-electron chi connectivity index (χ2n) is 5.02. The number of aromatic nitrogens is 2. The van der Waals surface area contributed by atoms with E-state index >= 15 is 0 Å². The van der Waals surface area contributed by atoms with Gasteiger partial charge in [-0.1, -0.05) is 25.3 Å². The summed E-state index contributed by atoms with van der Waals surface area (Å²) in [5.41, 5.74) is 0. The molecule has 1 N–H and O–H groups in total. The highest BCUT2D eigenvalue weighted by molar-refractivity contribution is 5.28. The topological polar surface area (TPSA) is 29.9 Å². The molecule has 0 bridgehead atoms. The van der Waals surface area contributed by atoms with Crippen LogP contribution in [0.5, 0.6) is 0 Å². The molecule has 0 amide bonds. The van der Waals surface area contributed by atoms with Gasteiger partial charge in [0, 0.05) is 25.0 Å². The highest BCUT2D eigenvalue weighted by Gasteiger charge is 2.20. The van der Waals surface area contributed by atoms with Crippen molar-refractivity contribution in [1.29, 1.82) is 0 Å². The monoisotopic (exact) mass is 233 g/mol. The second kappa shape index (κ2) is 5.89. The van der Waals surface area contributed by atoms with Crippen LogP contribution in [0.25, 0.3) is 0 Å². The van der Waals surface area contributed by atoms with E-state index in [0.717, 1.165) is 18.4 Å². The van der Waals surface area contributed by atoms with Crippen LogP contribution >= 0.6 is 0 Å². The van der Waals surface area contributed by atoms with Crippen molar-refractivity contribution in [2.45, 2.75) is 51.6 Å². The predicted octanol–water partition coefficient (Wildman–Crippen LogP) is 3.45. The number of imidazole rings is 1. The van der Waals surface area contributed by atoms with Gasteiger partial charge in [-0.05, 0) is 25.7 Å². The number of nitrogens with zero attached hydrogens (tertiary/aromatic N) is 2. The molecule has 3 nitrogen and oxygen atoms in total. The van der Waals surface area contributed by atoms with Crippen molar-refractivity contribution in [1.82, 2.24) is 9.55 Å². The van der Waals surface area contributed by atoms with Crippen LogP contribution in [-0.2, 0) is 6.54 Å². The van der Waals surface area contributed by atoms with Crippen molar-refractivity contribution >= 4 is 5.95 Å². The zero-order valence-corrected chi connectivity index (χ0v) is 10.7. The molecule has 2 rings (SSSR count). The molecule has 0 aromatic carbocycles. The first-order chi connectivity index (χ1) is 8.31. The minimum absolute atomic E-state index is 0.515. The second-order valence-corrected chi connectivity index (χ2v) is 5.02. The van der Waals surface area contributed by atoms with Crippen LogP contribution in [0, 0.1) is 5.92 Å². The molecule has 1 saturated carbocycles. The van der Waals surface area contributed by atoms with Gasteiger partial charge in [0.25, 0.3) is 0 Å². The molecule has 17 heavy (non-hydrogen) atoms. The third-order valence-electron chi connectivity index (χ3n) is 3.75. The molecule has 1 aliphatic rings. The number of allylic oxidation sites excluding steroid dienone is 1. The quantitative estimate of drug-likeness (QED) is 0.789. The highest BCUT2D eigenvalue weighted by atomic mass is 15.2. The summed E-state index contributed by atoms with van der Waals surface area (Å²) >= 11 is 0. The molecule has 0 spiro atoms. The van der Waals surface area contributed by atoms with Gasteiger partial charge in [-0.3, -0.25) is 0 Å². The summed E-state index contributed by atoms with van der Waals surface area (Å²) in [5, 5.41) is 3.55. The normalized spacial score (nSPS) is 18.9. The van der Waals surface area contributed by atoms with Crippen molar-refractivity contribution < 1.29 is 0 Å². The number of nitrogens with one attached hydrogen (secondary N) is 1. The molecule has 1 heterocycles. The first-order valence-corrected chi connectivity index (χ1v) is 6.70. The Morgan fingerprint density at radius 2 is 2.29 bits per heavy atom. The van der Waals surface area contributed by atoms with Crippen LogP contribution in [-0.4, -0.2) is 15.6 Å². The molecular weight excluding hydrogens is 210 g/mol. The summed E-state index contributed by atoms with van der Waals surface area (Å²) in [6, 6.07) is 0.515. The molecule has 1 unspecified atom stereocenters. The van der Waals surface area contributed by atoms with Gasteiger partial charge in [0.1, 0.15) is 0 Å². The molecule has 1 aromatic rings.